The number of nitrogens with two attached hydrogens (primary N) is 3. The largest absolute Gasteiger partial charge is 0.403 e. The molecular formula is C31H38N8O3. The molecule has 4 atom stereocenters. The number of nitrogens with zero attached hydrogens (tertiary/aromatic N) is 2. The molecule has 0 radical (unpaired) electrons. The van der Waals surface area contributed by atoms with Crippen LogP contribution in [0.3, 0.4) is 0 Å². The number of piperidine rings is 1. The molecule has 0 aliphatic carbocycles. The number of H-pyrrole nitrogens is 1. The molecule has 2 aliphatic heterocycles. The number of imidazole rings is 1. The van der Waals surface area contributed by atoms with Gasteiger partial charge in [0.25, 0.3) is 0 Å². The van der Waals surface area contributed by atoms with Gasteiger partial charge in [-0.25, -0.2) is 4.98 Å². The van der Waals surface area contributed by atoms with Crippen LogP contribution in [0.4, 0.5) is 0 Å². The van der Waals surface area contributed by atoms with Crippen LogP contribution in [0.15, 0.2) is 78.9 Å². The van der Waals surface area contributed by atoms with Gasteiger partial charge in [-0.1, -0.05) is 49.0 Å². The van der Waals surface area contributed by atoms with Crippen molar-refractivity contribution in [2.24, 2.45) is 17.2 Å². The van der Waals surface area contributed by atoms with E-state index < -0.39 is 23.5 Å². The van der Waals surface area contributed by atoms with Crippen molar-refractivity contribution in [1.29, 1.82) is 0 Å². The van der Waals surface area contributed by atoms with E-state index in [2.05, 4.69) is 27.2 Å². The predicted molar refractivity (Wildman–Crippen MR) is 160 cm³/mol. The van der Waals surface area contributed by atoms with Crippen molar-refractivity contribution >= 4 is 28.6 Å². The van der Waals surface area contributed by atoms with Gasteiger partial charge in [0.2, 0.25) is 17.6 Å². The van der Waals surface area contributed by atoms with E-state index in [0.29, 0.717) is 48.8 Å². The van der Waals surface area contributed by atoms with Crippen molar-refractivity contribution in [3.63, 3.8) is 0 Å². The fourth-order valence-corrected chi connectivity index (χ4v) is 6.11. The van der Waals surface area contributed by atoms with Crippen LogP contribution in [-0.4, -0.2) is 56.1 Å². The quantitative estimate of drug-likeness (QED) is 0.189. The molecule has 2 saturated heterocycles. The third kappa shape index (κ3) is 6.01. The standard InChI is InChI=1S/C31H38N8O3/c1-19(33)35-21(18-32)11-13-25(27(40)28-36-23-9-5-6-10-24(23)37-28)38-29(41)26-14-12-22-15-16-31(34,30(42)39(22)26)17-20-7-3-2-4-8-20/h2-10,18,22,25-26,35H,1,11-17,32-34H2,(H,36,37)(H,38,41)/b21-18-/t22?,25-,26-,31+/m0/s1. The lowest BCUT2D eigenvalue weighted by Gasteiger charge is -2.43. The zero-order valence-corrected chi connectivity index (χ0v) is 23.5. The van der Waals surface area contributed by atoms with E-state index in [1.807, 2.05) is 48.5 Å². The summed E-state index contributed by atoms with van der Waals surface area (Å²) in [7, 11) is 0. The van der Waals surface area contributed by atoms with Crippen LogP contribution in [0, 0.1) is 0 Å². The SMILES string of the molecule is C=C(N)N/C(=C\N)CC[C@H](NC(=O)[C@@H]1CCC2CC[C@@](N)(Cc3ccccc3)C(=O)N21)C(=O)c1nc2ccccc2[nH]1. The maximum Gasteiger partial charge on any atom is 0.243 e. The second kappa shape index (κ2) is 12.1. The Morgan fingerprint density at radius 3 is 2.60 bits per heavy atom. The summed E-state index contributed by atoms with van der Waals surface area (Å²) in [6.07, 6.45) is 4.74. The Bertz CT molecular complexity index is 1480. The molecule has 0 spiro atoms. The number of nitrogens with one attached hydrogen (secondary N) is 3. The number of amides is 2. The average Bonchev–Trinajstić information content (AvgIpc) is 3.61. The first-order chi connectivity index (χ1) is 20.2. The molecule has 0 saturated carbocycles. The van der Waals surface area contributed by atoms with Crippen LogP contribution in [0.1, 0.15) is 54.7 Å². The van der Waals surface area contributed by atoms with Gasteiger partial charge in [-0.15, -0.1) is 0 Å². The normalized spacial score (nSPS) is 22.9. The highest BCUT2D eigenvalue weighted by atomic mass is 16.2. The molecule has 0 bridgehead atoms. The lowest BCUT2D eigenvalue weighted by molar-refractivity contribution is -0.148. The van der Waals surface area contributed by atoms with Crippen LogP contribution in [-0.2, 0) is 16.0 Å². The summed E-state index contributed by atoms with van der Waals surface area (Å²) in [6, 6.07) is 15.3. The predicted octanol–water partition coefficient (Wildman–Crippen LogP) is 1.92. The summed E-state index contributed by atoms with van der Waals surface area (Å²) in [6.45, 7) is 3.63. The number of fused-ring (bicyclic) bond motifs is 2. The first-order valence-electron chi connectivity index (χ1n) is 14.3. The van der Waals surface area contributed by atoms with E-state index in [4.69, 9.17) is 17.2 Å². The second-order valence-electron chi connectivity index (χ2n) is 11.2. The van der Waals surface area contributed by atoms with Gasteiger partial charge in [0, 0.05) is 17.9 Å². The minimum atomic E-state index is -1.10. The molecule has 3 aromatic rings. The molecule has 1 unspecified atom stereocenters. The number of aromatic amines is 1. The third-order valence-electron chi connectivity index (χ3n) is 8.23. The number of carbonyl (C=O) groups is 3. The maximum absolute atomic E-state index is 13.8. The minimum Gasteiger partial charge on any atom is -0.403 e. The fourth-order valence-electron chi connectivity index (χ4n) is 6.11. The summed E-state index contributed by atoms with van der Waals surface area (Å²) >= 11 is 0. The fraction of sp³-hybridized carbons (Fsp3) is 0.355. The lowest BCUT2D eigenvalue weighted by atomic mass is 9.81. The monoisotopic (exact) mass is 570 g/mol. The molecule has 11 heteroatoms. The van der Waals surface area contributed by atoms with Gasteiger partial charge in [0.15, 0.2) is 5.82 Å². The summed E-state index contributed by atoms with van der Waals surface area (Å²) in [4.78, 5) is 50.5. The Morgan fingerprint density at radius 2 is 1.88 bits per heavy atom. The first-order valence-corrected chi connectivity index (χ1v) is 14.3. The minimum absolute atomic E-state index is 0.0586. The molecule has 11 nitrogen and oxygen atoms in total. The first kappa shape index (κ1) is 28.9. The van der Waals surface area contributed by atoms with Gasteiger partial charge in [0.1, 0.15) is 6.04 Å². The van der Waals surface area contributed by atoms with Gasteiger partial charge in [-0.2, -0.15) is 0 Å². The molecule has 1 aromatic heterocycles. The van der Waals surface area contributed by atoms with Gasteiger partial charge in [-0.05, 0) is 62.6 Å². The van der Waals surface area contributed by atoms with Crippen LogP contribution < -0.4 is 27.8 Å². The third-order valence-corrected chi connectivity index (χ3v) is 8.23. The molecule has 5 rings (SSSR count). The lowest BCUT2D eigenvalue weighted by Crippen LogP contribution is -2.65. The highest BCUT2D eigenvalue weighted by molar-refractivity contribution is 6.02. The van der Waals surface area contributed by atoms with Gasteiger partial charge in [-0.3, -0.25) is 14.4 Å². The number of Topliss-reactive ketones (excluding diaryl/α,β-unsaturated/α-hetero) is 1. The average molecular weight is 571 g/mol. The highest BCUT2D eigenvalue weighted by Crippen LogP contribution is 2.37. The van der Waals surface area contributed by atoms with Gasteiger partial charge in [0.05, 0.1) is 28.4 Å². The number of rotatable bonds is 11. The van der Waals surface area contributed by atoms with E-state index >= 15 is 0 Å². The van der Waals surface area contributed by atoms with Gasteiger partial charge >= 0.3 is 0 Å². The second-order valence-corrected chi connectivity index (χ2v) is 11.2. The summed E-state index contributed by atoms with van der Waals surface area (Å²) < 4.78 is 0. The maximum atomic E-state index is 13.8. The van der Waals surface area contributed by atoms with E-state index in [0.717, 1.165) is 12.0 Å². The number of hydrogen-bond donors (Lipinski definition) is 6. The van der Waals surface area contributed by atoms with Crippen molar-refractivity contribution < 1.29 is 14.4 Å². The Balaban J connectivity index is 1.36. The molecule has 2 amide bonds. The number of ketones is 1. The molecule has 42 heavy (non-hydrogen) atoms. The van der Waals surface area contributed by atoms with E-state index in [1.165, 1.54) is 6.20 Å². The number of hydrogen-bond acceptors (Lipinski definition) is 8. The summed E-state index contributed by atoms with van der Waals surface area (Å²) in [5.74, 6) is -0.645. The zero-order valence-electron chi connectivity index (χ0n) is 23.5. The van der Waals surface area contributed by atoms with Crippen molar-refractivity contribution in [2.45, 2.75) is 68.6 Å². The Morgan fingerprint density at radius 1 is 1.14 bits per heavy atom. The molecule has 9 N–H and O–H groups in total. The van der Waals surface area contributed by atoms with E-state index in [1.54, 1.807) is 11.0 Å². The van der Waals surface area contributed by atoms with Crippen molar-refractivity contribution in [3.8, 4) is 0 Å². The van der Waals surface area contributed by atoms with E-state index in [9.17, 15) is 14.4 Å². The number of carbonyl (C=O) groups excluding carboxylic acids is 3. The topological polar surface area (TPSA) is 185 Å². The zero-order chi connectivity index (χ0) is 29.9. The number of allylic oxidation sites excluding steroid dienone is 1. The number of benzene rings is 2. The number of para-hydroxylation sites is 2. The smallest absolute Gasteiger partial charge is 0.243 e. The van der Waals surface area contributed by atoms with E-state index in [-0.39, 0.29) is 35.8 Å². The van der Waals surface area contributed by atoms with Crippen molar-refractivity contribution in [1.82, 2.24) is 25.5 Å². The summed E-state index contributed by atoms with van der Waals surface area (Å²) in [5.41, 5.74) is 19.9. The van der Waals surface area contributed by atoms with Gasteiger partial charge < -0.3 is 37.7 Å². The molecule has 2 aromatic carbocycles. The number of aromatic nitrogens is 2. The van der Waals surface area contributed by atoms with Crippen LogP contribution in [0.25, 0.3) is 11.0 Å². The van der Waals surface area contributed by atoms with Crippen molar-refractivity contribution in [3.05, 3.63) is 90.3 Å². The molecule has 220 valence electrons. The molecule has 2 aliphatic rings. The van der Waals surface area contributed by atoms with Crippen LogP contribution in [0.5, 0.6) is 0 Å². The Labute approximate surface area is 244 Å². The Kier molecular flexibility index (Phi) is 8.30. The van der Waals surface area contributed by atoms with Crippen LogP contribution in [0.2, 0.25) is 0 Å². The highest BCUT2D eigenvalue weighted by Gasteiger charge is 2.51. The molecular weight excluding hydrogens is 532 g/mol. The van der Waals surface area contributed by atoms with Crippen molar-refractivity contribution in [2.75, 3.05) is 0 Å². The Hall–Kier alpha value is -4.64. The molecule has 2 fully saturated rings. The van der Waals surface area contributed by atoms with Crippen LogP contribution >= 0.6 is 0 Å². The molecule has 3 heterocycles. The summed E-state index contributed by atoms with van der Waals surface area (Å²) in [5, 5.41) is 5.80.